The van der Waals surface area contributed by atoms with Crippen LogP contribution in [0.25, 0.3) is 0 Å². The SMILES string of the molecule is COc1ccccc1OCC(=O)N1C[C@H](O)C[C@@H]1c1cccc(F)c1. The van der Waals surface area contributed by atoms with Crippen LogP contribution in [0, 0.1) is 5.82 Å². The van der Waals surface area contributed by atoms with Crippen LogP contribution >= 0.6 is 0 Å². The highest BCUT2D eigenvalue weighted by molar-refractivity contribution is 5.78. The normalized spacial score (nSPS) is 19.7. The summed E-state index contributed by atoms with van der Waals surface area (Å²) in [6, 6.07) is 12.8. The van der Waals surface area contributed by atoms with Crippen molar-refractivity contribution in [1.29, 1.82) is 0 Å². The number of amides is 1. The second-order valence-corrected chi connectivity index (χ2v) is 5.95. The summed E-state index contributed by atoms with van der Waals surface area (Å²) in [5, 5.41) is 9.97. The van der Waals surface area contributed by atoms with Gasteiger partial charge in [0.05, 0.1) is 19.3 Å². The summed E-state index contributed by atoms with van der Waals surface area (Å²) in [4.78, 5) is 14.1. The second kappa shape index (κ2) is 7.53. The molecule has 1 N–H and O–H groups in total. The van der Waals surface area contributed by atoms with Gasteiger partial charge >= 0.3 is 0 Å². The van der Waals surface area contributed by atoms with Crippen molar-refractivity contribution in [2.24, 2.45) is 0 Å². The number of β-amino-alcohol motifs (C(OH)–C–C–N with tert-alkyl or cyclic N) is 1. The lowest BCUT2D eigenvalue weighted by Gasteiger charge is -2.25. The lowest BCUT2D eigenvalue weighted by Crippen LogP contribution is -2.35. The number of benzene rings is 2. The molecular weight excluding hydrogens is 325 g/mol. The van der Waals surface area contributed by atoms with Gasteiger partial charge in [0, 0.05) is 6.54 Å². The molecule has 0 aromatic heterocycles. The van der Waals surface area contributed by atoms with Crippen LogP contribution in [0.3, 0.4) is 0 Å². The second-order valence-electron chi connectivity index (χ2n) is 5.95. The van der Waals surface area contributed by atoms with Crippen LogP contribution in [-0.4, -0.2) is 42.3 Å². The number of nitrogens with zero attached hydrogens (tertiary/aromatic N) is 1. The summed E-state index contributed by atoms with van der Waals surface area (Å²) in [6.07, 6.45) is -0.257. The summed E-state index contributed by atoms with van der Waals surface area (Å²) in [6.45, 7) is 0.0220. The van der Waals surface area contributed by atoms with Gasteiger partial charge in [0.1, 0.15) is 5.82 Å². The van der Waals surface area contributed by atoms with Gasteiger partial charge in [-0.3, -0.25) is 4.79 Å². The first-order chi connectivity index (χ1) is 12.1. The molecular formula is C19H20FNO4. The van der Waals surface area contributed by atoms with Gasteiger partial charge in [-0.25, -0.2) is 4.39 Å². The van der Waals surface area contributed by atoms with Crippen molar-refractivity contribution in [1.82, 2.24) is 4.90 Å². The quantitative estimate of drug-likeness (QED) is 0.905. The summed E-state index contributed by atoms with van der Waals surface area (Å²) in [5.74, 6) is 0.382. The molecule has 25 heavy (non-hydrogen) atoms. The van der Waals surface area contributed by atoms with Crippen LogP contribution in [0.15, 0.2) is 48.5 Å². The fourth-order valence-electron chi connectivity index (χ4n) is 3.08. The molecule has 1 saturated heterocycles. The summed E-state index contributed by atoms with van der Waals surface area (Å²) in [7, 11) is 1.53. The van der Waals surface area contributed by atoms with E-state index in [2.05, 4.69) is 0 Å². The lowest BCUT2D eigenvalue weighted by atomic mass is 10.0. The Hall–Kier alpha value is -2.60. The predicted octanol–water partition coefficient (Wildman–Crippen LogP) is 2.55. The van der Waals surface area contributed by atoms with Gasteiger partial charge in [0.25, 0.3) is 5.91 Å². The highest BCUT2D eigenvalue weighted by Gasteiger charge is 2.35. The molecule has 0 aliphatic carbocycles. The molecule has 0 bridgehead atoms. The van der Waals surface area contributed by atoms with Crippen molar-refractivity contribution in [2.75, 3.05) is 20.3 Å². The number of hydrogen-bond acceptors (Lipinski definition) is 4. The molecule has 0 unspecified atom stereocenters. The Labute approximate surface area is 145 Å². The Balaban J connectivity index is 1.71. The van der Waals surface area contributed by atoms with Crippen molar-refractivity contribution in [3.8, 4) is 11.5 Å². The Kier molecular flexibility index (Phi) is 5.19. The van der Waals surface area contributed by atoms with Gasteiger partial charge in [-0.1, -0.05) is 24.3 Å². The summed E-state index contributed by atoms with van der Waals surface area (Å²) in [5.41, 5.74) is 0.669. The zero-order chi connectivity index (χ0) is 17.8. The number of carbonyl (C=O) groups excluding carboxylic acids is 1. The zero-order valence-corrected chi connectivity index (χ0v) is 13.9. The highest BCUT2D eigenvalue weighted by atomic mass is 19.1. The highest BCUT2D eigenvalue weighted by Crippen LogP contribution is 2.33. The van der Waals surface area contributed by atoms with E-state index in [0.717, 1.165) is 0 Å². The maximum Gasteiger partial charge on any atom is 0.261 e. The van der Waals surface area contributed by atoms with Gasteiger partial charge < -0.3 is 19.5 Å². The maximum absolute atomic E-state index is 13.5. The molecule has 2 aromatic rings. The fourth-order valence-corrected chi connectivity index (χ4v) is 3.08. The van der Waals surface area contributed by atoms with Crippen molar-refractivity contribution in [2.45, 2.75) is 18.6 Å². The number of aliphatic hydroxyl groups is 1. The van der Waals surface area contributed by atoms with E-state index >= 15 is 0 Å². The summed E-state index contributed by atoms with van der Waals surface area (Å²) < 4.78 is 24.3. The zero-order valence-electron chi connectivity index (χ0n) is 13.9. The molecule has 5 nitrogen and oxygen atoms in total. The number of hydrogen-bond donors (Lipinski definition) is 1. The van der Waals surface area contributed by atoms with Crippen molar-refractivity contribution in [3.63, 3.8) is 0 Å². The van der Waals surface area contributed by atoms with E-state index < -0.39 is 6.10 Å². The van der Waals surface area contributed by atoms with E-state index in [1.165, 1.54) is 24.1 Å². The molecule has 2 aromatic carbocycles. The fraction of sp³-hybridized carbons (Fsp3) is 0.316. The first-order valence-electron chi connectivity index (χ1n) is 8.07. The van der Waals surface area contributed by atoms with Gasteiger partial charge in [-0.2, -0.15) is 0 Å². The molecule has 2 atom stereocenters. The van der Waals surface area contributed by atoms with Crippen molar-refractivity contribution < 1.29 is 23.8 Å². The molecule has 1 fully saturated rings. The molecule has 0 saturated carbocycles. The number of aliphatic hydroxyl groups excluding tert-OH is 1. The number of para-hydroxylation sites is 2. The van der Waals surface area contributed by atoms with Crippen LogP contribution in [0.1, 0.15) is 18.0 Å². The van der Waals surface area contributed by atoms with E-state index in [4.69, 9.17) is 9.47 Å². The minimum atomic E-state index is -0.636. The molecule has 1 aliphatic rings. The Morgan fingerprint density at radius 1 is 1.24 bits per heavy atom. The standard InChI is InChI=1S/C19H20FNO4/c1-24-17-7-2-3-8-18(17)25-12-19(23)21-11-15(22)10-16(21)13-5-4-6-14(20)9-13/h2-9,15-16,22H,10-12H2,1H3/t15-,16-/m1/s1. The van der Waals surface area contributed by atoms with Crippen LogP contribution in [0.5, 0.6) is 11.5 Å². The molecule has 6 heteroatoms. The third-order valence-electron chi connectivity index (χ3n) is 4.25. The molecule has 1 aliphatic heterocycles. The number of carbonyl (C=O) groups is 1. The van der Waals surface area contributed by atoms with Gasteiger partial charge in [0.15, 0.2) is 18.1 Å². The maximum atomic E-state index is 13.5. The molecule has 1 heterocycles. The molecule has 0 radical (unpaired) electrons. The minimum Gasteiger partial charge on any atom is -0.493 e. The van der Waals surface area contributed by atoms with Crippen LogP contribution < -0.4 is 9.47 Å². The third kappa shape index (κ3) is 3.91. The van der Waals surface area contributed by atoms with E-state index in [0.29, 0.717) is 23.5 Å². The van der Waals surface area contributed by atoms with Crippen molar-refractivity contribution >= 4 is 5.91 Å². The lowest BCUT2D eigenvalue weighted by molar-refractivity contribution is -0.134. The predicted molar refractivity (Wildman–Crippen MR) is 90.0 cm³/mol. The average molecular weight is 345 g/mol. The van der Waals surface area contributed by atoms with Crippen LogP contribution in [0.2, 0.25) is 0 Å². The minimum absolute atomic E-state index is 0.182. The Morgan fingerprint density at radius 2 is 2.00 bits per heavy atom. The third-order valence-corrected chi connectivity index (χ3v) is 4.25. The average Bonchev–Trinajstić information content (AvgIpc) is 3.02. The monoisotopic (exact) mass is 345 g/mol. The van der Waals surface area contributed by atoms with E-state index in [-0.39, 0.29) is 30.9 Å². The number of likely N-dealkylation sites (tertiary alicyclic amines) is 1. The van der Waals surface area contributed by atoms with Crippen molar-refractivity contribution in [3.05, 3.63) is 59.9 Å². The van der Waals surface area contributed by atoms with Crippen LogP contribution in [0.4, 0.5) is 4.39 Å². The van der Waals surface area contributed by atoms with Gasteiger partial charge in [-0.15, -0.1) is 0 Å². The van der Waals surface area contributed by atoms with E-state index in [9.17, 15) is 14.3 Å². The van der Waals surface area contributed by atoms with Gasteiger partial charge in [0.2, 0.25) is 0 Å². The first kappa shape index (κ1) is 17.2. The molecule has 1 amide bonds. The number of methoxy groups -OCH3 is 1. The number of halogens is 1. The van der Waals surface area contributed by atoms with E-state index in [1.54, 1.807) is 30.3 Å². The Bertz CT molecular complexity index is 752. The van der Waals surface area contributed by atoms with E-state index in [1.807, 2.05) is 6.07 Å². The Morgan fingerprint density at radius 3 is 2.72 bits per heavy atom. The molecule has 132 valence electrons. The molecule has 3 rings (SSSR count). The number of rotatable bonds is 5. The summed E-state index contributed by atoms with van der Waals surface area (Å²) >= 11 is 0. The van der Waals surface area contributed by atoms with Crippen LogP contribution in [-0.2, 0) is 4.79 Å². The topological polar surface area (TPSA) is 59.0 Å². The smallest absolute Gasteiger partial charge is 0.261 e. The van der Waals surface area contributed by atoms with Gasteiger partial charge in [-0.05, 0) is 36.2 Å². The number of ether oxygens (including phenoxy) is 2. The largest absolute Gasteiger partial charge is 0.493 e. The molecule has 0 spiro atoms. The first-order valence-corrected chi connectivity index (χ1v) is 8.07.